The van der Waals surface area contributed by atoms with Crippen LogP contribution in [-0.4, -0.2) is 36.0 Å². The Bertz CT molecular complexity index is 733. The Morgan fingerprint density at radius 2 is 1.87 bits per heavy atom. The third-order valence-corrected chi connectivity index (χ3v) is 8.55. The number of ether oxygens (including phenoxy) is 1. The first-order valence-corrected chi connectivity index (χ1v) is 12.5. The molecule has 0 saturated heterocycles. The number of hydrogen-bond donors (Lipinski definition) is 2. The molecule has 4 bridgehead atoms. The Morgan fingerprint density at radius 1 is 1.23 bits per heavy atom. The average molecular weight is 436 g/mol. The highest BCUT2D eigenvalue weighted by Crippen LogP contribution is 2.53. The summed E-state index contributed by atoms with van der Waals surface area (Å²) in [4.78, 5) is 14.0. The van der Waals surface area contributed by atoms with E-state index in [2.05, 4.69) is 24.3 Å². The van der Waals surface area contributed by atoms with E-state index in [1.807, 2.05) is 13.8 Å². The molecular weight excluding hydrogens is 398 g/mol. The molecule has 1 heterocycles. The Labute approximate surface area is 184 Å². The lowest BCUT2D eigenvalue weighted by Gasteiger charge is -2.54. The van der Waals surface area contributed by atoms with Crippen molar-refractivity contribution in [2.45, 2.75) is 70.7 Å². The minimum atomic E-state index is -0.165. The fourth-order valence-corrected chi connectivity index (χ4v) is 6.56. The van der Waals surface area contributed by atoms with Gasteiger partial charge in [0.25, 0.3) is 11.8 Å². The summed E-state index contributed by atoms with van der Waals surface area (Å²) in [5, 5.41) is 7.46. The Balaban J connectivity index is 1.48. The maximum atomic E-state index is 13.2. The number of carbonyl (C=O) groups excluding carboxylic acids is 1. The van der Waals surface area contributed by atoms with E-state index in [0.717, 1.165) is 22.5 Å². The molecule has 0 spiro atoms. The smallest absolute Gasteiger partial charge is 0.291 e. The number of rotatable bonds is 9. The van der Waals surface area contributed by atoms with Gasteiger partial charge in [-0.15, -0.1) is 11.8 Å². The molecule has 4 saturated carbocycles. The molecule has 0 atom stereocenters. The second-order valence-electron chi connectivity index (χ2n) is 10.9. The van der Waals surface area contributed by atoms with Crippen LogP contribution in [-0.2, 0) is 0 Å². The van der Waals surface area contributed by atoms with Crippen LogP contribution in [0.15, 0.2) is 9.42 Å². The van der Waals surface area contributed by atoms with E-state index < -0.39 is 0 Å². The zero-order valence-electron chi connectivity index (χ0n) is 18.8. The molecule has 0 aliphatic heterocycles. The fourth-order valence-electron chi connectivity index (χ4n) is 5.58. The van der Waals surface area contributed by atoms with Crippen molar-refractivity contribution < 1.29 is 14.1 Å². The quantitative estimate of drug-likeness (QED) is 0.561. The van der Waals surface area contributed by atoms with Crippen molar-refractivity contribution in [1.29, 1.82) is 0 Å². The number of nitrogens with one attached hydrogen (secondary N) is 1. The molecule has 6 nitrogen and oxygen atoms in total. The lowest BCUT2D eigenvalue weighted by Crippen LogP contribution is -2.55. The van der Waals surface area contributed by atoms with Crippen molar-refractivity contribution in [1.82, 2.24) is 10.5 Å². The van der Waals surface area contributed by atoms with Crippen LogP contribution >= 0.6 is 11.8 Å². The highest BCUT2D eigenvalue weighted by atomic mass is 32.2. The Morgan fingerprint density at radius 3 is 2.43 bits per heavy atom. The summed E-state index contributed by atoms with van der Waals surface area (Å²) in [7, 11) is 0. The first-order chi connectivity index (χ1) is 14.3. The van der Waals surface area contributed by atoms with Gasteiger partial charge in [-0.25, -0.2) is 0 Å². The van der Waals surface area contributed by atoms with Gasteiger partial charge in [0.1, 0.15) is 4.90 Å². The van der Waals surface area contributed by atoms with Crippen LogP contribution in [0.2, 0.25) is 0 Å². The van der Waals surface area contributed by atoms with E-state index in [0.29, 0.717) is 42.5 Å². The number of aromatic nitrogens is 1. The van der Waals surface area contributed by atoms with Gasteiger partial charge >= 0.3 is 0 Å². The van der Waals surface area contributed by atoms with Crippen LogP contribution in [0.4, 0.5) is 0 Å². The zero-order valence-corrected chi connectivity index (χ0v) is 19.6. The summed E-state index contributed by atoms with van der Waals surface area (Å²) in [5.74, 6) is 4.95. The highest BCUT2D eigenvalue weighted by Gasteiger charge is 2.49. The Hall–Kier alpha value is -1.21. The van der Waals surface area contributed by atoms with E-state index in [4.69, 9.17) is 15.0 Å². The van der Waals surface area contributed by atoms with Crippen LogP contribution in [0.1, 0.15) is 70.4 Å². The molecule has 0 unspecified atom stereocenters. The van der Waals surface area contributed by atoms with Crippen LogP contribution in [0.25, 0.3) is 0 Å². The van der Waals surface area contributed by atoms with Gasteiger partial charge in [-0.3, -0.25) is 4.79 Å². The molecule has 4 aliphatic carbocycles. The third-order valence-electron chi connectivity index (χ3n) is 7.06. The second kappa shape index (κ2) is 8.73. The van der Waals surface area contributed by atoms with Gasteiger partial charge in [-0.05, 0) is 66.9 Å². The molecule has 0 aromatic carbocycles. The summed E-state index contributed by atoms with van der Waals surface area (Å²) in [6, 6.07) is 0.277. The molecule has 30 heavy (non-hydrogen) atoms. The fraction of sp³-hybridized carbons (Fsp3) is 0.826. The van der Waals surface area contributed by atoms with Crippen molar-refractivity contribution in [2.24, 2.45) is 40.7 Å². The molecule has 0 radical (unpaired) electrons. The topological polar surface area (TPSA) is 90.4 Å². The maximum Gasteiger partial charge on any atom is 0.291 e. The highest BCUT2D eigenvalue weighted by molar-refractivity contribution is 7.99. The molecule has 168 valence electrons. The van der Waals surface area contributed by atoms with Crippen molar-refractivity contribution >= 4 is 17.7 Å². The normalized spacial score (nSPS) is 30.1. The first-order valence-electron chi connectivity index (χ1n) is 11.5. The van der Waals surface area contributed by atoms with E-state index in [1.54, 1.807) is 11.8 Å². The van der Waals surface area contributed by atoms with Crippen LogP contribution in [0.3, 0.4) is 0 Å². The average Bonchev–Trinajstić information content (AvgIpc) is 3.10. The van der Waals surface area contributed by atoms with Gasteiger partial charge in [0.05, 0.1) is 6.61 Å². The molecule has 1 aromatic rings. The lowest BCUT2D eigenvalue weighted by atomic mass is 9.54. The van der Waals surface area contributed by atoms with Crippen molar-refractivity contribution in [3.63, 3.8) is 0 Å². The van der Waals surface area contributed by atoms with Crippen molar-refractivity contribution in [3.8, 4) is 5.88 Å². The SMILES string of the molecule is CC(C)CSc1c(OCC(C)(C)CN)noc1C(=O)NC1C2CC3CC(C2)CC1C3. The zero-order chi connectivity index (χ0) is 21.5. The summed E-state index contributed by atoms with van der Waals surface area (Å²) in [6.07, 6.45) is 6.49. The first kappa shape index (κ1) is 22.0. The molecule has 1 amide bonds. The molecule has 1 aromatic heterocycles. The van der Waals surface area contributed by atoms with Gasteiger partial charge in [0, 0.05) is 23.8 Å². The molecule has 7 heteroatoms. The molecular formula is C23H37N3O3S. The van der Waals surface area contributed by atoms with E-state index in [-0.39, 0.29) is 17.4 Å². The van der Waals surface area contributed by atoms with Gasteiger partial charge in [-0.1, -0.05) is 27.7 Å². The van der Waals surface area contributed by atoms with E-state index in [1.165, 1.54) is 32.1 Å². The number of amides is 1. The molecule has 5 rings (SSSR count). The predicted molar refractivity (Wildman–Crippen MR) is 119 cm³/mol. The van der Waals surface area contributed by atoms with Gasteiger partial charge in [0.2, 0.25) is 5.76 Å². The lowest BCUT2D eigenvalue weighted by molar-refractivity contribution is -0.0124. The van der Waals surface area contributed by atoms with Gasteiger partial charge < -0.3 is 20.3 Å². The standard InChI is InChI=1S/C23H37N3O3S/c1-13(2)10-30-20-19(29-26-22(20)28-12-23(3,4)11-24)21(27)25-18-16-6-14-5-15(8-16)9-17(18)7-14/h13-18H,5-12,24H2,1-4H3,(H,25,27). The predicted octanol–water partition coefficient (Wildman–Crippen LogP) is 4.34. The van der Waals surface area contributed by atoms with E-state index in [9.17, 15) is 4.79 Å². The second-order valence-corrected chi connectivity index (χ2v) is 12.0. The summed E-state index contributed by atoms with van der Waals surface area (Å²) < 4.78 is 11.5. The number of nitrogens with two attached hydrogens (primary N) is 1. The largest absolute Gasteiger partial charge is 0.474 e. The summed E-state index contributed by atoms with van der Waals surface area (Å²) in [6.45, 7) is 9.36. The summed E-state index contributed by atoms with van der Waals surface area (Å²) >= 11 is 1.59. The molecule has 4 aliphatic rings. The van der Waals surface area contributed by atoms with Crippen LogP contribution < -0.4 is 15.8 Å². The van der Waals surface area contributed by atoms with Gasteiger partial charge in [0.15, 0.2) is 0 Å². The molecule has 3 N–H and O–H groups in total. The van der Waals surface area contributed by atoms with Crippen molar-refractivity contribution in [3.05, 3.63) is 5.76 Å². The number of nitrogens with zero attached hydrogens (tertiary/aromatic N) is 1. The van der Waals surface area contributed by atoms with Gasteiger partial charge in [-0.2, -0.15) is 0 Å². The monoisotopic (exact) mass is 435 g/mol. The minimum Gasteiger partial charge on any atom is -0.474 e. The number of thioether (sulfide) groups is 1. The summed E-state index contributed by atoms with van der Waals surface area (Å²) in [5.41, 5.74) is 5.66. The Kier molecular flexibility index (Phi) is 6.40. The van der Waals surface area contributed by atoms with Crippen LogP contribution in [0.5, 0.6) is 5.88 Å². The van der Waals surface area contributed by atoms with Crippen molar-refractivity contribution in [2.75, 3.05) is 18.9 Å². The third kappa shape index (κ3) is 4.67. The van der Waals surface area contributed by atoms with E-state index >= 15 is 0 Å². The number of carbonyl (C=O) groups is 1. The maximum absolute atomic E-state index is 13.2. The van der Waals surface area contributed by atoms with Crippen LogP contribution in [0, 0.1) is 35.0 Å². The number of hydrogen-bond acceptors (Lipinski definition) is 6. The molecule has 4 fully saturated rings. The minimum absolute atomic E-state index is 0.140.